The highest BCUT2D eigenvalue weighted by Crippen LogP contribution is 2.44. The molecule has 6 aromatic heterocycles. The van der Waals surface area contributed by atoms with Crippen LogP contribution in [0.5, 0.6) is 0 Å². The van der Waals surface area contributed by atoms with Crippen molar-refractivity contribution < 1.29 is 0 Å². The summed E-state index contributed by atoms with van der Waals surface area (Å²) in [4.78, 5) is 34.8. The van der Waals surface area contributed by atoms with E-state index >= 15 is 0 Å². The van der Waals surface area contributed by atoms with Gasteiger partial charge in [0.15, 0.2) is 0 Å². The summed E-state index contributed by atoms with van der Waals surface area (Å²) in [6, 6.07) is 46.7. The summed E-state index contributed by atoms with van der Waals surface area (Å²) < 4.78 is 0. The minimum Gasteiger partial charge on any atom is -0.354 e. The molecule has 0 unspecified atom stereocenters. The number of fused-ring (bicyclic) bond motifs is 8. The summed E-state index contributed by atoms with van der Waals surface area (Å²) >= 11 is 0. The highest BCUT2D eigenvalue weighted by atomic mass is 14.8. The van der Waals surface area contributed by atoms with Gasteiger partial charge in [0.1, 0.15) is 0 Å². The molecule has 0 saturated carbocycles. The molecule has 426 valence electrons. The fourth-order valence-electron chi connectivity index (χ4n) is 11.3. The van der Waals surface area contributed by atoms with Crippen molar-refractivity contribution in [3.63, 3.8) is 0 Å². The molecular formula is C77H83N7. The average molecular weight is 1110 g/mol. The van der Waals surface area contributed by atoms with Crippen LogP contribution in [0.1, 0.15) is 181 Å². The van der Waals surface area contributed by atoms with E-state index in [1.165, 1.54) is 33.4 Å². The number of hydrogen-bond acceptors (Lipinski definition) is 5. The lowest BCUT2D eigenvalue weighted by Gasteiger charge is -2.26. The summed E-state index contributed by atoms with van der Waals surface area (Å²) in [7, 11) is 0. The third-order valence-corrected chi connectivity index (χ3v) is 16.6. The van der Waals surface area contributed by atoms with Crippen LogP contribution in [0.2, 0.25) is 0 Å². The van der Waals surface area contributed by atoms with Crippen molar-refractivity contribution in [2.45, 2.75) is 157 Å². The van der Waals surface area contributed by atoms with Crippen molar-refractivity contribution in [3.8, 4) is 67.3 Å². The smallest absolute Gasteiger partial charge is 0.0900 e. The van der Waals surface area contributed by atoms with Crippen LogP contribution in [0.15, 0.2) is 140 Å². The fraction of sp³-hybridized carbons (Fsp3) is 0.312. The predicted octanol–water partition coefficient (Wildman–Crippen LogP) is 20.6. The molecule has 8 heterocycles. The summed E-state index contributed by atoms with van der Waals surface area (Å²) in [5, 5.41) is 0. The summed E-state index contributed by atoms with van der Waals surface area (Å²) in [5.41, 5.74) is 25.2. The van der Waals surface area contributed by atoms with Gasteiger partial charge in [-0.2, -0.15) is 0 Å². The predicted molar refractivity (Wildman–Crippen MR) is 357 cm³/mol. The first-order valence-electron chi connectivity index (χ1n) is 29.9. The van der Waals surface area contributed by atoms with Gasteiger partial charge in [0.25, 0.3) is 0 Å². The first-order valence-corrected chi connectivity index (χ1v) is 29.9. The van der Waals surface area contributed by atoms with E-state index in [9.17, 15) is 0 Å². The number of nitrogens with zero attached hydrogens (tertiary/aromatic N) is 5. The Morgan fingerprint density at radius 2 is 0.512 bits per heavy atom. The van der Waals surface area contributed by atoms with E-state index in [4.69, 9.17) is 24.9 Å². The van der Waals surface area contributed by atoms with Crippen LogP contribution in [-0.4, -0.2) is 34.9 Å². The molecule has 0 fully saturated rings. The van der Waals surface area contributed by atoms with Gasteiger partial charge >= 0.3 is 0 Å². The zero-order valence-corrected chi connectivity index (χ0v) is 52.8. The van der Waals surface area contributed by atoms with Gasteiger partial charge in [-0.25, -0.2) is 15.0 Å². The third kappa shape index (κ3) is 11.5. The van der Waals surface area contributed by atoms with Gasteiger partial charge in [0.05, 0.1) is 45.6 Å². The number of rotatable bonds is 6. The van der Waals surface area contributed by atoms with E-state index in [0.29, 0.717) is 0 Å². The summed E-state index contributed by atoms with van der Waals surface area (Å²) in [6.45, 7) is 41.5. The van der Waals surface area contributed by atoms with Gasteiger partial charge < -0.3 is 9.97 Å². The van der Waals surface area contributed by atoms with Crippen molar-refractivity contribution in [2.75, 3.05) is 0 Å². The topological polar surface area (TPSA) is 96.0 Å². The molecule has 0 atom stereocenters. The maximum atomic E-state index is 5.86. The molecule has 9 aromatic rings. The maximum Gasteiger partial charge on any atom is 0.0900 e. The van der Waals surface area contributed by atoms with Crippen LogP contribution >= 0.6 is 0 Å². The molecule has 84 heavy (non-hydrogen) atoms. The number of nitrogens with one attached hydrogen (secondary N) is 2. The number of pyridine rings is 3. The normalized spacial score (nSPS) is 13.3. The molecule has 2 aliphatic heterocycles. The second-order valence-electron chi connectivity index (χ2n) is 29.5. The van der Waals surface area contributed by atoms with Crippen molar-refractivity contribution in [2.24, 2.45) is 0 Å². The SMILES string of the molecule is CC(C)(C)c1cc(-c2c3nc(c(-c4cc(C(C)(C)C)cc(C(C)(C)C)c4)c4ccc([nH]4)c(-c4cc(-c5ccccn5)nc(-c5ccccn5)c4)c4nc(c(-c5cc(C(C)(C)C)cc(C(C)(C)C)c5)c5ccc2[nH]5)C=C4)C=C3)cc(C(C)(C)C)c1. The number of H-pyrrole nitrogens is 2. The number of hydrogen-bond donors (Lipinski definition) is 2. The van der Waals surface area contributed by atoms with Crippen molar-refractivity contribution in [3.05, 3.63) is 196 Å². The van der Waals surface area contributed by atoms with Gasteiger partial charge in [-0.15, -0.1) is 0 Å². The number of benzene rings is 3. The highest BCUT2D eigenvalue weighted by Gasteiger charge is 2.28. The largest absolute Gasteiger partial charge is 0.354 e. The Labute approximate surface area is 499 Å². The summed E-state index contributed by atoms with van der Waals surface area (Å²) in [6.07, 6.45) is 12.5. The van der Waals surface area contributed by atoms with Crippen molar-refractivity contribution >= 4 is 46.4 Å². The first-order chi connectivity index (χ1) is 39.4. The Balaban J connectivity index is 1.36. The fourth-order valence-corrected chi connectivity index (χ4v) is 11.3. The maximum absolute atomic E-state index is 5.86. The van der Waals surface area contributed by atoms with Crippen molar-refractivity contribution in [1.29, 1.82) is 0 Å². The molecule has 3 aromatic carbocycles. The molecule has 11 rings (SSSR count). The van der Waals surface area contributed by atoms with Gasteiger partial charge in [-0.3, -0.25) is 9.97 Å². The molecule has 7 heteroatoms. The monoisotopic (exact) mass is 1110 g/mol. The van der Waals surface area contributed by atoms with E-state index in [1.807, 2.05) is 48.8 Å². The van der Waals surface area contributed by atoms with E-state index in [1.54, 1.807) is 0 Å². The molecular weight excluding hydrogens is 1020 g/mol. The van der Waals surface area contributed by atoms with E-state index in [-0.39, 0.29) is 32.5 Å². The molecule has 0 saturated heterocycles. The van der Waals surface area contributed by atoms with Crippen LogP contribution in [0.25, 0.3) is 114 Å². The minimum absolute atomic E-state index is 0.118. The zero-order chi connectivity index (χ0) is 60.1. The van der Waals surface area contributed by atoms with Crippen molar-refractivity contribution in [1.82, 2.24) is 34.9 Å². The number of aromatic amines is 2. The first kappa shape index (κ1) is 57.5. The molecule has 2 N–H and O–H groups in total. The van der Waals surface area contributed by atoms with Gasteiger partial charge in [-0.1, -0.05) is 191 Å². The van der Waals surface area contributed by atoms with Crippen LogP contribution in [0, 0.1) is 0 Å². The average Bonchev–Trinajstić information content (AvgIpc) is 1.72. The van der Waals surface area contributed by atoms with E-state index < -0.39 is 0 Å². The Morgan fingerprint density at radius 3 is 0.738 bits per heavy atom. The van der Waals surface area contributed by atoms with E-state index in [2.05, 4.69) is 250 Å². The lowest BCUT2D eigenvalue weighted by Crippen LogP contribution is -2.16. The van der Waals surface area contributed by atoms with Crippen LogP contribution in [0.3, 0.4) is 0 Å². The summed E-state index contributed by atoms with van der Waals surface area (Å²) in [5.74, 6) is 0. The Hall–Kier alpha value is -8.29. The lowest BCUT2D eigenvalue weighted by atomic mass is 9.78. The minimum atomic E-state index is -0.131. The highest BCUT2D eigenvalue weighted by molar-refractivity contribution is 6.00. The second kappa shape index (κ2) is 20.8. The molecule has 7 nitrogen and oxygen atoms in total. The lowest BCUT2D eigenvalue weighted by molar-refractivity contribution is 0.568. The van der Waals surface area contributed by atoms with E-state index in [0.717, 1.165) is 112 Å². The Morgan fingerprint density at radius 1 is 0.262 bits per heavy atom. The van der Waals surface area contributed by atoms with Gasteiger partial charge in [0, 0.05) is 56.7 Å². The third-order valence-electron chi connectivity index (χ3n) is 16.6. The Kier molecular flexibility index (Phi) is 14.2. The molecule has 0 radical (unpaired) electrons. The van der Waals surface area contributed by atoms with Gasteiger partial charge in [-0.05, 0) is 173 Å². The van der Waals surface area contributed by atoms with Crippen LogP contribution in [0.4, 0.5) is 0 Å². The quantitative estimate of drug-likeness (QED) is 0.173. The second-order valence-corrected chi connectivity index (χ2v) is 29.5. The molecule has 0 amide bonds. The molecule has 2 aliphatic rings. The Bertz CT molecular complexity index is 4050. The molecule has 8 bridgehead atoms. The zero-order valence-electron chi connectivity index (χ0n) is 52.8. The van der Waals surface area contributed by atoms with Gasteiger partial charge in [0.2, 0.25) is 0 Å². The molecule has 0 spiro atoms. The standard InChI is InChI=1S/C77H83N7/c1-72(2,3)50-35-46(36-51(43-50)73(4,5)6)68-58-25-27-60(80-58)69(47-37-52(74(7,8)9)44-53(38-47)75(10,11)12)62-29-31-64(82-62)71(49-41-66(56-23-19-21-33-78-56)84-67(42-49)57-24-20-22-34-79-57)65-32-30-63(83-65)70(61-28-26-59(68)81-61)48-39-54(76(13,14)15)45-55(40-48)77(16,17)18/h19-45,80,83H,1-18H3. The van der Waals surface area contributed by atoms with Crippen LogP contribution in [-0.2, 0) is 32.5 Å². The van der Waals surface area contributed by atoms with Crippen LogP contribution < -0.4 is 0 Å². The molecule has 0 aliphatic carbocycles. The number of aromatic nitrogens is 7.